The average Bonchev–Trinajstić information content (AvgIpc) is 2.61. The predicted molar refractivity (Wildman–Crippen MR) is 79.8 cm³/mol. The summed E-state index contributed by atoms with van der Waals surface area (Å²) in [5.74, 6) is -2.59. The Labute approximate surface area is 158 Å². The van der Waals surface area contributed by atoms with E-state index in [0.717, 1.165) is 17.4 Å². The molecule has 1 aromatic carbocycles. The van der Waals surface area contributed by atoms with E-state index in [1.165, 1.54) is 6.92 Å². The Morgan fingerprint density at radius 2 is 1.97 bits per heavy atom. The summed E-state index contributed by atoms with van der Waals surface area (Å²) in [6.07, 6.45) is -12.1. The summed E-state index contributed by atoms with van der Waals surface area (Å²) in [6, 6.07) is 1.66. The summed E-state index contributed by atoms with van der Waals surface area (Å²) in [7, 11) is 0. The fourth-order valence-corrected chi connectivity index (χ4v) is 2.44. The average molecular weight is 430 g/mol. The molecule has 14 heteroatoms. The van der Waals surface area contributed by atoms with Crippen LogP contribution in [0.25, 0.3) is 6.08 Å². The highest BCUT2D eigenvalue weighted by atomic mass is 19.4. The fourth-order valence-electron chi connectivity index (χ4n) is 2.44. The van der Waals surface area contributed by atoms with Gasteiger partial charge in [-0.2, -0.15) is 13.2 Å². The van der Waals surface area contributed by atoms with Crippen molar-refractivity contribution >= 4 is 12.0 Å². The molecule has 1 aromatic rings. The van der Waals surface area contributed by atoms with Crippen LogP contribution in [0.1, 0.15) is 18.1 Å². The van der Waals surface area contributed by atoms with Gasteiger partial charge in [-0.25, -0.2) is 4.79 Å². The lowest BCUT2D eigenvalue weighted by Gasteiger charge is -2.29. The molecule has 1 aliphatic rings. The van der Waals surface area contributed by atoms with Crippen molar-refractivity contribution in [3.05, 3.63) is 34.0 Å². The highest BCUT2D eigenvalue weighted by molar-refractivity contribution is 5.96. The number of rotatable bonds is 6. The molecule has 0 aromatic heterocycles. The van der Waals surface area contributed by atoms with Crippen molar-refractivity contribution in [2.75, 3.05) is 6.79 Å². The number of carbonyl (C=O) groups is 1. The van der Waals surface area contributed by atoms with Gasteiger partial charge in [-0.05, 0) is 30.2 Å². The number of ether oxygens (including phenoxy) is 3. The quantitative estimate of drug-likeness (QED) is 0.186. The van der Waals surface area contributed by atoms with Gasteiger partial charge in [0, 0.05) is 5.56 Å². The molecule has 8 nitrogen and oxygen atoms in total. The van der Waals surface area contributed by atoms with E-state index in [1.54, 1.807) is 0 Å². The number of fused-ring (bicyclic) bond motifs is 1. The van der Waals surface area contributed by atoms with Gasteiger partial charge in [-0.3, -0.25) is 0 Å². The van der Waals surface area contributed by atoms with Gasteiger partial charge in [0.15, 0.2) is 0 Å². The molecule has 0 aliphatic carbocycles. The summed E-state index contributed by atoms with van der Waals surface area (Å²) in [5.41, 5.74) is -1.29. The topological polar surface area (TPSA) is 103 Å². The van der Waals surface area contributed by atoms with Gasteiger partial charge in [0.05, 0.1) is 5.57 Å². The van der Waals surface area contributed by atoms with Crippen LogP contribution in [0.15, 0.2) is 23.0 Å². The smallest absolute Gasteiger partial charge is 0.573 e. The van der Waals surface area contributed by atoms with Gasteiger partial charge in [0.1, 0.15) is 11.5 Å². The summed E-state index contributed by atoms with van der Waals surface area (Å²) < 4.78 is 90.7. The first-order valence-electron chi connectivity index (χ1n) is 7.70. The largest absolute Gasteiger partial charge is 0.599 e. The molecule has 160 valence electrons. The zero-order valence-corrected chi connectivity index (χ0v) is 14.4. The molecule has 0 unspecified atom stereocenters. The van der Waals surface area contributed by atoms with Crippen molar-refractivity contribution in [2.45, 2.75) is 32.0 Å². The van der Waals surface area contributed by atoms with E-state index in [1.807, 2.05) is 0 Å². The van der Waals surface area contributed by atoms with Crippen molar-refractivity contribution < 1.29 is 55.5 Å². The standard InChI is InChI=1S/C15H12F6N2O6/c1-2-7-3-9(29-15(19,20)21)4-8-5-10(13(24)26-6-27-23-22-25)12(14(16,17)18)28-11(7)8/h3-5,12,22H,2,6H2,1H3/t12-/m0/s1. The van der Waals surface area contributed by atoms with Crippen molar-refractivity contribution in [1.29, 1.82) is 0 Å². The van der Waals surface area contributed by atoms with Crippen LogP contribution in [0, 0.1) is 5.21 Å². The molecule has 1 N–H and O–H groups in total. The van der Waals surface area contributed by atoms with E-state index in [-0.39, 0.29) is 23.3 Å². The first-order valence-corrected chi connectivity index (χ1v) is 7.70. The Balaban J connectivity index is 2.46. The normalized spacial score (nSPS) is 16.7. The van der Waals surface area contributed by atoms with Crippen LogP contribution < -0.4 is 14.8 Å². The maximum absolute atomic E-state index is 13.4. The summed E-state index contributed by atoms with van der Waals surface area (Å²) in [5, 5.41) is 13.4. The molecule has 0 saturated heterocycles. The Hall–Kier alpha value is -3.19. The van der Waals surface area contributed by atoms with Crippen LogP contribution in [-0.4, -0.2) is 31.4 Å². The maximum atomic E-state index is 13.4. The van der Waals surface area contributed by atoms with Crippen molar-refractivity contribution in [2.24, 2.45) is 5.28 Å². The number of nitrogens with zero attached hydrogens (tertiary/aromatic N) is 1. The minimum Gasteiger partial charge on any atom is -0.599 e. The Morgan fingerprint density at radius 3 is 2.52 bits per heavy atom. The van der Waals surface area contributed by atoms with Gasteiger partial charge in [-0.15, -0.1) is 13.2 Å². The lowest BCUT2D eigenvalue weighted by Crippen LogP contribution is -2.56. The second kappa shape index (κ2) is 8.45. The van der Waals surface area contributed by atoms with E-state index in [0.29, 0.717) is 6.08 Å². The Bertz CT molecular complexity index is 821. The first kappa shape index (κ1) is 22.1. The van der Waals surface area contributed by atoms with Crippen molar-refractivity contribution in [3.8, 4) is 11.5 Å². The van der Waals surface area contributed by atoms with E-state index in [2.05, 4.69) is 19.6 Å². The summed E-state index contributed by atoms with van der Waals surface area (Å²) in [6.45, 7) is 0.484. The van der Waals surface area contributed by atoms with Crippen LogP contribution in [0.2, 0.25) is 0 Å². The number of aryl methyl sites for hydroxylation is 1. The Morgan fingerprint density at radius 1 is 1.28 bits per heavy atom. The molecule has 0 radical (unpaired) electrons. The molecule has 29 heavy (non-hydrogen) atoms. The van der Waals surface area contributed by atoms with Crippen LogP contribution in [0.5, 0.6) is 11.5 Å². The van der Waals surface area contributed by atoms with E-state index in [4.69, 9.17) is 4.74 Å². The molecule has 0 spiro atoms. The number of hydrogen-bond donors (Lipinski definition) is 1. The number of hydrogen-bond acceptors (Lipinski definition) is 7. The second-order valence-electron chi connectivity index (χ2n) is 5.40. The number of halogens is 6. The zero-order valence-electron chi connectivity index (χ0n) is 14.4. The Kier molecular flexibility index (Phi) is 6.44. The van der Waals surface area contributed by atoms with Crippen LogP contribution in [0.3, 0.4) is 0 Å². The third-order valence-corrected chi connectivity index (χ3v) is 3.49. The van der Waals surface area contributed by atoms with E-state index in [9.17, 15) is 36.3 Å². The molecule has 0 saturated carbocycles. The molecule has 1 heterocycles. The molecule has 1 atom stereocenters. The molecule has 0 amide bonds. The van der Waals surface area contributed by atoms with Gasteiger partial charge >= 0.3 is 18.5 Å². The van der Waals surface area contributed by atoms with Gasteiger partial charge in [0.2, 0.25) is 11.4 Å². The third-order valence-electron chi connectivity index (χ3n) is 3.49. The summed E-state index contributed by atoms with van der Waals surface area (Å²) in [4.78, 5) is 16.1. The van der Waals surface area contributed by atoms with Gasteiger partial charge < -0.3 is 24.3 Å². The minimum atomic E-state index is -5.05. The van der Waals surface area contributed by atoms with Gasteiger partial charge in [0.25, 0.3) is 6.79 Å². The molecule has 2 rings (SSSR count). The fraction of sp³-hybridized carbons (Fsp3) is 0.400. The van der Waals surface area contributed by atoms with E-state index < -0.39 is 42.7 Å². The van der Waals surface area contributed by atoms with Crippen molar-refractivity contribution in [1.82, 2.24) is 0 Å². The number of benzene rings is 1. The third kappa shape index (κ3) is 5.65. The SMILES string of the molecule is CCc1cc(OC(F)(F)F)cc2c1O[C@H](C(F)(F)F)C(C(=O)OCO/N=[NH+]\[O-])=C2. The molecule has 0 bridgehead atoms. The van der Waals surface area contributed by atoms with Crippen LogP contribution in [0.4, 0.5) is 26.3 Å². The lowest BCUT2D eigenvalue weighted by molar-refractivity contribution is -0.498. The molecule has 0 fully saturated rings. The first-order chi connectivity index (χ1) is 13.5. The molecule has 1 aliphatic heterocycles. The van der Waals surface area contributed by atoms with E-state index >= 15 is 0 Å². The number of esters is 1. The molecular weight excluding hydrogens is 418 g/mol. The van der Waals surface area contributed by atoms with Crippen molar-refractivity contribution in [3.63, 3.8) is 0 Å². The minimum absolute atomic E-state index is 0.00307. The van der Waals surface area contributed by atoms with Crippen LogP contribution >= 0.6 is 0 Å². The molecular formula is C15H12F6N2O6. The highest BCUT2D eigenvalue weighted by Crippen LogP contribution is 2.42. The number of nitrogens with one attached hydrogen (secondary N) is 1. The number of carbonyl (C=O) groups excluding carboxylic acids is 1. The van der Waals surface area contributed by atoms with Crippen LogP contribution in [-0.2, 0) is 20.8 Å². The predicted octanol–water partition coefficient (Wildman–Crippen LogP) is 2.32. The lowest BCUT2D eigenvalue weighted by atomic mass is 9.97. The second-order valence-corrected chi connectivity index (χ2v) is 5.40. The number of alkyl halides is 6. The summed E-state index contributed by atoms with van der Waals surface area (Å²) >= 11 is 0. The highest BCUT2D eigenvalue weighted by Gasteiger charge is 2.49. The monoisotopic (exact) mass is 430 g/mol. The maximum Gasteiger partial charge on any atom is 0.573 e. The zero-order chi connectivity index (χ0) is 21.8. The van der Waals surface area contributed by atoms with Gasteiger partial charge in [-0.1, -0.05) is 12.2 Å².